The fraction of sp³-hybridized carbons (Fsp3) is 0.766. The fourth-order valence-corrected chi connectivity index (χ4v) is 6.37. The summed E-state index contributed by atoms with van der Waals surface area (Å²) in [6.45, 7) is 4.21. The number of esters is 1. The highest BCUT2D eigenvalue weighted by Gasteiger charge is 2.11. The molecular formula is C47H83NO5. The van der Waals surface area contributed by atoms with Gasteiger partial charge in [-0.25, -0.2) is 0 Å². The molecule has 0 aromatic heterocycles. The van der Waals surface area contributed by atoms with Crippen molar-refractivity contribution in [2.24, 2.45) is 0 Å². The Morgan fingerprint density at radius 3 is 1.43 bits per heavy atom. The third kappa shape index (κ3) is 42.0. The molecule has 0 aliphatic rings. The molecule has 6 nitrogen and oxygen atoms in total. The summed E-state index contributed by atoms with van der Waals surface area (Å²) in [5.41, 5.74) is 0. The van der Waals surface area contributed by atoms with Crippen molar-refractivity contribution >= 4 is 17.8 Å². The summed E-state index contributed by atoms with van der Waals surface area (Å²) in [7, 11) is 0. The van der Waals surface area contributed by atoms with Crippen molar-refractivity contribution in [3.05, 3.63) is 48.6 Å². The Bertz CT molecular complexity index is 953. The van der Waals surface area contributed by atoms with Crippen molar-refractivity contribution < 1.29 is 24.2 Å². The van der Waals surface area contributed by atoms with E-state index in [0.29, 0.717) is 12.8 Å². The number of unbranched alkanes of at least 4 members (excludes halogenated alkanes) is 23. The first-order valence-electron chi connectivity index (χ1n) is 22.3. The minimum atomic E-state index is -1.02. The Hall–Kier alpha value is -2.63. The number of rotatable bonds is 40. The lowest BCUT2D eigenvalue weighted by molar-refractivity contribution is -0.147. The van der Waals surface area contributed by atoms with Gasteiger partial charge in [0.2, 0.25) is 5.91 Å². The average molecular weight is 742 g/mol. The van der Waals surface area contributed by atoms with Crippen LogP contribution in [0.1, 0.15) is 219 Å². The number of hydrogen-bond acceptors (Lipinski definition) is 4. The maximum absolute atomic E-state index is 12.7. The van der Waals surface area contributed by atoms with Crippen molar-refractivity contribution in [2.75, 3.05) is 6.54 Å². The highest BCUT2D eigenvalue weighted by atomic mass is 16.5. The fourth-order valence-electron chi connectivity index (χ4n) is 6.37. The normalized spacial score (nSPS) is 12.5. The van der Waals surface area contributed by atoms with Gasteiger partial charge in [-0.1, -0.05) is 172 Å². The molecule has 0 radical (unpaired) electrons. The number of carboxylic acids is 1. The summed E-state index contributed by atoms with van der Waals surface area (Å²) in [5, 5.41) is 11.1. The third-order valence-electron chi connectivity index (χ3n) is 9.71. The van der Waals surface area contributed by atoms with Crippen molar-refractivity contribution in [3.63, 3.8) is 0 Å². The van der Waals surface area contributed by atoms with Crippen LogP contribution < -0.4 is 5.32 Å². The quantitative estimate of drug-likeness (QED) is 0.0370. The zero-order valence-corrected chi connectivity index (χ0v) is 34.6. The van der Waals surface area contributed by atoms with E-state index in [2.05, 4.69) is 67.8 Å². The van der Waals surface area contributed by atoms with Crippen LogP contribution in [-0.2, 0) is 19.1 Å². The summed E-state index contributed by atoms with van der Waals surface area (Å²) >= 11 is 0. The summed E-state index contributed by atoms with van der Waals surface area (Å²) < 4.78 is 5.95. The number of ether oxygens (including phenoxy) is 1. The molecule has 0 saturated heterocycles. The van der Waals surface area contributed by atoms with Crippen LogP contribution in [0.15, 0.2) is 48.6 Å². The zero-order chi connectivity index (χ0) is 38.7. The number of carbonyl (C=O) groups excluding carboxylic acids is 2. The molecule has 1 unspecified atom stereocenters. The van der Waals surface area contributed by atoms with Crippen LogP contribution in [-0.4, -0.2) is 35.6 Å². The van der Waals surface area contributed by atoms with E-state index in [4.69, 9.17) is 9.84 Å². The van der Waals surface area contributed by atoms with Crippen LogP contribution in [0.4, 0.5) is 0 Å². The molecule has 0 fully saturated rings. The lowest BCUT2D eigenvalue weighted by Crippen LogP contribution is -2.28. The van der Waals surface area contributed by atoms with Gasteiger partial charge in [-0.2, -0.15) is 0 Å². The van der Waals surface area contributed by atoms with E-state index in [1.807, 2.05) is 0 Å². The first kappa shape index (κ1) is 50.4. The molecule has 0 bridgehead atoms. The van der Waals surface area contributed by atoms with Crippen LogP contribution in [0.5, 0.6) is 0 Å². The van der Waals surface area contributed by atoms with Gasteiger partial charge in [0.15, 0.2) is 0 Å². The summed E-state index contributed by atoms with van der Waals surface area (Å²) in [6, 6.07) is 0. The molecule has 0 aromatic rings. The van der Waals surface area contributed by atoms with E-state index in [1.54, 1.807) is 0 Å². The van der Waals surface area contributed by atoms with E-state index >= 15 is 0 Å². The second-order valence-corrected chi connectivity index (χ2v) is 14.9. The summed E-state index contributed by atoms with van der Waals surface area (Å²) in [4.78, 5) is 34.9. The first-order chi connectivity index (χ1) is 26.0. The minimum Gasteiger partial charge on any atom is -0.480 e. The number of amides is 1. The van der Waals surface area contributed by atoms with Gasteiger partial charge >= 0.3 is 11.9 Å². The molecule has 53 heavy (non-hydrogen) atoms. The highest BCUT2D eigenvalue weighted by Crippen LogP contribution is 2.16. The summed E-state index contributed by atoms with van der Waals surface area (Å²) in [5.74, 6) is -1.28. The maximum atomic E-state index is 12.7. The number of carboxylic acid groups (broad SMARTS) is 1. The number of carbonyl (C=O) groups is 3. The van der Waals surface area contributed by atoms with E-state index in [0.717, 1.165) is 83.5 Å². The second kappa shape index (κ2) is 42.1. The van der Waals surface area contributed by atoms with Gasteiger partial charge in [0.1, 0.15) is 12.6 Å². The van der Waals surface area contributed by atoms with Gasteiger partial charge in [0, 0.05) is 12.8 Å². The molecule has 1 atom stereocenters. The predicted molar refractivity (Wildman–Crippen MR) is 226 cm³/mol. The maximum Gasteiger partial charge on any atom is 0.322 e. The van der Waals surface area contributed by atoms with Crippen molar-refractivity contribution in [3.8, 4) is 0 Å². The zero-order valence-electron chi connectivity index (χ0n) is 34.6. The topological polar surface area (TPSA) is 92.7 Å². The Morgan fingerprint density at radius 2 is 0.925 bits per heavy atom. The van der Waals surface area contributed by atoms with Gasteiger partial charge in [0.05, 0.1) is 0 Å². The van der Waals surface area contributed by atoms with Crippen molar-refractivity contribution in [1.82, 2.24) is 5.32 Å². The minimum absolute atomic E-state index is 0.0650. The van der Waals surface area contributed by atoms with Crippen LogP contribution in [0.2, 0.25) is 0 Å². The molecule has 0 heterocycles. The Balaban J connectivity index is 4.12. The van der Waals surface area contributed by atoms with Crippen molar-refractivity contribution in [2.45, 2.75) is 225 Å². The van der Waals surface area contributed by atoms with Gasteiger partial charge in [0.25, 0.3) is 0 Å². The summed E-state index contributed by atoms with van der Waals surface area (Å²) in [6.07, 6.45) is 54.0. The SMILES string of the molecule is CCCCCCC/C=C\C/C=C\C/C=C\CCCCCCCCC(=O)OC(/C=C\CCCCCCCCC)CCCCCCCCC(=O)NCC(=O)O. The van der Waals surface area contributed by atoms with Crippen LogP contribution >= 0.6 is 0 Å². The highest BCUT2D eigenvalue weighted by molar-refractivity contribution is 5.80. The van der Waals surface area contributed by atoms with E-state index in [9.17, 15) is 14.4 Å². The average Bonchev–Trinajstić information content (AvgIpc) is 3.14. The van der Waals surface area contributed by atoms with Crippen LogP contribution in [0.25, 0.3) is 0 Å². The number of aliphatic carboxylic acids is 1. The van der Waals surface area contributed by atoms with E-state index in [1.165, 1.54) is 109 Å². The van der Waals surface area contributed by atoms with E-state index < -0.39 is 5.97 Å². The lowest BCUT2D eigenvalue weighted by Gasteiger charge is -2.15. The molecule has 306 valence electrons. The van der Waals surface area contributed by atoms with Crippen molar-refractivity contribution in [1.29, 1.82) is 0 Å². The molecule has 0 saturated carbocycles. The molecule has 0 spiro atoms. The molecule has 0 aliphatic carbocycles. The number of nitrogens with one attached hydrogen (secondary N) is 1. The Morgan fingerprint density at radius 1 is 0.509 bits per heavy atom. The van der Waals surface area contributed by atoms with E-state index in [-0.39, 0.29) is 24.5 Å². The van der Waals surface area contributed by atoms with Gasteiger partial charge in [-0.15, -0.1) is 0 Å². The van der Waals surface area contributed by atoms with Crippen LogP contribution in [0, 0.1) is 0 Å². The molecule has 2 N–H and O–H groups in total. The number of allylic oxidation sites excluding steroid dienone is 7. The molecule has 1 amide bonds. The largest absolute Gasteiger partial charge is 0.480 e. The number of hydrogen-bond donors (Lipinski definition) is 2. The predicted octanol–water partition coefficient (Wildman–Crippen LogP) is 13.8. The first-order valence-corrected chi connectivity index (χ1v) is 22.3. The monoisotopic (exact) mass is 742 g/mol. The Kier molecular flexibility index (Phi) is 40.0. The van der Waals surface area contributed by atoms with Crippen LogP contribution in [0.3, 0.4) is 0 Å². The molecular weight excluding hydrogens is 659 g/mol. The molecule has 6 heteroatoms. The lowest BCUT2D eigenvalue weighted by atomic mass is 10.0. The Labute approximate surface area is 327 Å². The molecule has 0 rings (SSSR count). The van der Waals surface area contributed by atoms with Gasteiger partial charge in [-0.3, -0.25) is 14.4 Å². The third-order valence-corrected chi connectivity index (χ3v) is 9.71. The smallest absolute Gasteiger partial charge is 0.322 e. The molecule has 0 aliphatic heterocycles. The second-order valence-electron chi connectivity index (χ2n) is 14.9. The van der Waals surface area contributed by atoms with Gasteiger partial charge < -0.3 is 15.2 Å². The van der Waals surface area contributed by atoms with Gasteiger partial charge in [-0.05, 0) is 83.1 Å². The standard InChI is InChI=1S/C47H83NO5/c1-3-5-7-9-11-13-14-15-16-17-18-19-20-21-22-23-24-26-28-34-38-42-47(52)53-44(39-35-31-27-25-12-10-8-6-4-2)40-36-32-29-30-33-37-41-45(49)48-43-46(50)51/h14-15,17-18,20-21,35,39,44H,3-13,16,19,22-34,36-38,40-43H2,1-2H3,(H,48,49)(H,50,51)/b15-14-,18-17-,21-20-,39-35-. The molecule has 0 aromatic carbocycles.